The number of ether oxygens (including phenoxy) is 2. The molecule has 0 heterocycles. The second-order valence-corrected chi connectivity index (χ2v) is 4.12. The summed E-state index contributed by atoms with van der Waals surface area (Å²) in [4.78, 5) is 0. The van der Waals surface area contributed by atoms with Gasteiger partial charge in [0.05, 0.1) is 14.2 Å². The van der Waals surface area contributed by atoms with Gasteiger partial charge < -0.3 is 20.3 Å². The minimum Gasteiger partial charge on any atom is -0.493 e. The zero-order valence-electron chi connectivity index (χ0n) is 10.8. The summed E-state index contributed by atoms with van der Waals surface area (Å²) in [5, 5.41) is 9.93. The molecule has 108 valence electrons. The van der Waals surface area contributed by atoms with Gasteiger partial charge in [-0.05, 0) is 24.6 Å². The van der Waals surface area contributed by atoms with Crippen LogP contribution >= 0.6 is 0 Å². The van der Waals surface area contributed by atoms with Gasteiger partial charge in [0.2, 0.25) is 5.60 Å². The molecule has 4 nitrogen and oxygen atoms in total. The maximum atomic E-state index is 13.1. The van der Waals surface area contributed by atoms with E-state index in [-0.39, 0.29) is 11.5 Å². The zero-order valence-corrected chi connectivity index (χ0v) is 10.8. The molecule has 2 unspecified atom stereocenters. The molecular formula is C12H16F3NO3. The van der Waals surface area contributed by atoms with E-state index in [4.69, 9.17) is 15.2 Å². The van der Waals surface area contributed by atoms with Gasteiger partial charge in [0.15, 0.2) is 11.5 Å². The van der Waals surface area contributed by atoms with Gasteiger partial charge in [-0.3, -0.25) is 0 Å². The molecule has 7 heteroatoms. The van der Waals surface area contributed by atoms with Gasteiger partial charge in [-0.2, -0.15) is 13.2 Å². The van der Waals surface area contributed by atoms with Crippen LogP contribution in [0, 0.1) is 0 Å². The van der Waals surface area contributed by atoms with Crippen LogP contribution in [0.2, 0.25) is 0 Å². The third kappa shape index (κ3) is 2.62. The Morgan fingerprint density at radius 1 is 1.16 bits per heavy atom. The summed E-state index contributed by atoms with van der Waals surface area (Å²) in [7, 11) is 2.65. The van der Waals surface area contributed by atoms with Gasteiger partial charge in [0.25, 0.3) is 0 Å². The number of alkyl halides is 3. The summed E-state index contributed by atoms with van der Waals surface area (Å²) in [5.74, 6) is 0.351. The standard InChI is InChI=1S/C12H16F3NO3/c1-7(16)11(17,12(13,14)15)8-4-5-9(18-2)10(6-8)19-3/h4-7,17H,16H2,1-3H3. The first-order valence-electron chi connectivity index (χ1n) is 5.45. The molecule has 3 N–H and O–H groups in total. The molecule has 2 atom stereocenters. The van der Waals surface area contributed by atoms with Crippen molar-refractivity contribution in [2.45, 2.75) is 24.7 Å². The van der Waals surface area contributed by atoms with Crippen molar-refractivity contribution in [3.63, 3.8) is 0 Å². The Kier molecular flexibility index (Phi) is 4.32. The number of halogens is 3. The van der Waals surface area contributed by atoms with E-state index in [0.29, 0.717) is 0 Å². The third-order valence-corrected chi connectivity index (χ3v) is 2.91. The minimum absolute atomic E-state index is 0.0864. The monoisotopic (exact) mass is 279 g/mol. The molecule has 1 aromatic carbocycles. The molecular weight excluding hydrogens is 263 g/mol. The van der Waals surface area contributed by atoms with E-state index < -0.39 is 23.4 Å². The lowest BCUT2D eigenvalue weighted by Crippen LogP contribution is -2.54. The molecule has 19 heavy (non-hydrogen) atoms. The van der Waals surface area contributed by atoms with Crippen molar-refractivity contribution in [3.05, 3.63) is 23.8 Å². The van der Waals surface area contributed by atoms with Crippen LogP contribution in [0.15, 0.2) is 18.2 Å². The Balaban J connectivity index is 3.41. The molecule has 0 aliphatic carbocycles. The van der Waals surface area contributed by atoms with E-state index in [1.807, 2.05) is 0 Å². The van der Waals surface area contributed by atoms with Crippen molar-refractivity contribution in [2.75, 3.05) is 14.2 Å². The van der Waals surface area contributed by atoms with Gasteiger partial charge in [-0.25, -0.2) is 0 Å². The lowest BCUT2D eigenvalue weighted by Gasteiger charge is -2.34. The smallest absolute Gasteiger partial charge is 0.422 e. The van der Waals surface area contributed by atoms with Gasteiger partial charge in [-0.15, -0.1) is 0 Å². The average Bonchev–Trinajstić information content (AvgIpc) is 2.35. The van der Waals surface area contributed by atoms with E-state index in [1.54, 1.807) is 0 Å². The highest BCUT2D eigenvalue weighted by molar-refractivity contribution is 5.45. The first kappa shape index (κ1) is 15.6. The topological polar surface area (TPSA) is 64.7 Å². The molecule has 0 saturated heterocycles. The molecule has 0 amide bonds. The van der Waals surface area contributed by atoms with E-state index in [2.05, 4.69) is 0 Å². The summed E-state index contributed by atoms with van der Waals surface area (Å²) >= 11 is 0. The van der Waals surface area contributed by atoms with Crippen molar-refractivity contribution in [3.8, 4) is 11.5 Å². The number of aliphatic hydroxyl groups is 1. The fourth-order valence-corrected chi connectivity index (χ4v) is 1.76. The van der Waals surface area contributed by atoms with E-state index in [1.165, 1.54) is 20.3 Å². The minimum atomic E-state index is -4.90. The molecule has 0 fully saturated rings. The van der Waals surface area contributed by atoms with Gasteiger partial charge in [0, 0.05) is 6.04 Å². The number of hydrogen-bond donors (Lipinski definition) is 2. The van der Waals surface area contributed by atoms with Gasteiger partial charge in [-0.1, -0.05) is 6.07 Å². The van der Waals surface area contributed by atoms with E-state index in [0.717, 1.165) is 19.1 Å². The highest BCUT2D eigenvalue weighted by atomic mass is 19.4. The molecule has 0 saturated carbocycles. The fraction of sp³-hybridized carbons (Fsp3) is 0.500. The molecule has 0 aliphatic rings. The van der Waals surface area contributed by atoms with Crippen LogP contribution in [0.4, 0.5) is 13.2 Å². The summed E-state index contributed by atoms with van der Waals surface area (Å²) in [6.07, 6.45) is -4.90. The number of benzene rings is 1. The van der Waals surface area contributed by atoms with Crippen LogP contribution in [0.5, 0.6) is 11.5 Å². The maximum absolute atomic E-state index is 13.1. The number of rotatable bonds is 4. The normalized spacial score (nSPS) is 16.6. The summed E-state index contributed by atoms with van der Waals surface area (Å²) in [5.41, 5.74) is 1.77. The zero-order chi connectivity index (χ0) is 14.8. The second kappa shape index (κ2) is 5.26. The molecule has 1 rings (SSSR count). The van der Waals surface area contributed by atoms with Crippen molar-refractivity contribution < 1.29 is 27.8 Å². The molecule has 0 bridgehead atoms. The number of hydrogen-bond acceptors (Lipinski definition) is 4. The first-order valence-corrected chi connectivity index (χ1v) is 5.45. The van der Waals surface area contributed by atoms with Crippen molar-refractivity contribution in [2.24, 2.45) is 5.73 Å². The largest absolute Gasteiger partial charge is 0.493 e. The van der Waals surface area contributed by atoms with Crippen molar-refractivity contribution in [1.82, 2.24) is 0 Å². The number of nitrogens with two attached hydrogens (primary N) is 1. The van der Waals surface area contributed by atoms with Crippen molar-refractivity contribution in [1.29, 1.82) is 0 Å². The lowest BCUT2D eigenvalue weighted by atomic mass is 9.86. The Hall–Kier alpha value is -1.47. The Bertz CT molecular complexity index is 448. The van der Waals surface area contributed by atoms with Crippen LogP contribution in [0.3, 0.4) is 0 Å². The first-order chi connectivity index (χ1) is 8.68. The highest BCUT2D eigenvalue weighted by Crippen LogP contribution is 2.43. The highest BCUT2D eigenvalue weighted by Gasteiger charge is 2.57. The van der Waals surface area contributed by atoms with Crippen LogP contribution in [-0.2, 0) is 5.60 Å². The summed E-state index contributed by atoms with van der Waals surface area (Å²) in [6.45, 7) is 1.09. The molecule has 0 aliphatic heterocycles. The van der Waals surface area contributed by atoms with Crippen LogP contribution in [0.25, 0.3) is 0 Å². The fourth-order valence-electron chi connectivity index (χ4n) is 1.76. The molecule has 0 radical (unpaired) electrons. The number of methoxy groups -OCH3 is 2. The quantitative estimate of drug-likeness (QED) is 0.882. The second-order valence-electron chi connectivity index (χ2n) is 4.12. The van der Waals surface area contributed by atoms with Gasteiger partial charge >= 0.3 is 6.18 Å². The lowest BCUT2D eigenvalue weighted by molar-refractivity contribution is -0.272. The van der Waals surface area contributed by atoms with Crippen LogP contribution < -0.4 is 15.2 Å². The summed E-state index contributed by atoms with van der Waals surface area (Å²) < 4.78 is 49.0. The SMILES string of the molecule is COc1ccc(C(O)(C(C)N)C(F)(F)F)cc1OC. The summed E-state index contributed by atoms with van der Waals surface area (Å²) in [6, 6.07) is 1.92. The molecule has 1 aromatic rings. The van der Waals surface area contributed by atoms with Crippen LogP contribution in [0.1, 0.15) is 12.5 Å². The average molecular weight is 279 g/mol. The third-order valence-electron chi connectivity index (χ3n) is 2.91. The van der Waals surface area contributed by atoms with E-state index in [9.17, 15) is 18.3 Å². The Labute approximate surface area is 108 Å². The van der Waals surface area contributed by atoms with E-state index >= 15 is 0 Å². The Morgan fingerprint density at radius 2 is 1.68 bits per heavy atom. The Morgan fingerprint density at radius 3 is 2.05 bits per heavy atom. The maximum Gasteiger partial charge on any atom is 0.422 e. The van der Waals surface area contributed by atoms with Gasteiger partial charge in [0.1, 0.15) is 0 Å². The predicted octanol–water partition coefficient (Wildman–Crippen LogP) is 1.80. The predicted molar refractivity (Wildman–Crippen MR) is 63.1 cm³/mol. The van der Waals surface area contributed by atoms with Crippen LogP contribution in [-0.4, -0.2) is 31.5 Å². The molecule has 0 aromatic heterocycles. The molecule has 0 spiro atoms. The van der Waals surface area contributed by atoms with Crippen molar-refractivity contribution >= 4 is 0 Å².